The lowest BCUT2D eigenvalue weighted by Gasteiger charge is -2.01. The molecule has 0 saturated carbocycles. The standard InChI is InChI=1S/C14H11ClN2S2/c1-9-7-11-12(15)16-14(17-13(11)19-9)18-8-10-5-3-2-4-6-10/h2-7H,8H2,1H3. The molecule has 0 fully saturated rings. The van der Waals surface area contributed by atoms with Crippen molar-refractivity contribution in [3.8, 4) is 0 Å². The SMILES string of the molecule is Cc1cc2c(Cl)nc(SCc3ccccc3)nc2s1. The van der Waals surface area contributed by atoms with Crippen molar-refractivity contribution >= 4 is 44.9 Å². The monoisotopic (exact) mass is 306 g/mol. The second-order valence-corrected chi connectivity index (χ2v) is 6.68. The number of fused-ring (bicyclic) bond motifs is 1. The van der Waals surface area contributed by atoms with Gasteiger partial charge in [-0.25, -0.2) is 9.97 Å². The fourth-order valence-electron chi connectivity index (χ4n) is 1.78. The van der Waals surface area contributed by atoms with Crippen LogP contribution in [0.25, 0.3) is 10.2 Å². The molecular weight excluding hydrogens is 296 g/mol. The Bertz CT molecular complexity index is 710. The fourth-order valence-corrected chi connectivity index (χ4v) is 3.84. The van der Waals surface area contributed by atoms with Crippen LogP contribution in [0.3, 0.4) is 0 Å². The summed E-state index contributed by atoms with van der Waals surface area (Å²) in [4.78, 5) is 11.1. The quantitative estimate of drug-likeness (QED) is 0.389. The van der Waals surface area contributed by atoms with E-state index in [9.17, 15) is 0 Å². The second kappa shape index (κ2) is 5.49. The van der Waals surface area contributed by atoms with E-state index in [1.165, 1.54) is 10.4 Å². The van der Waals surface area contributed by atoms with Crippen molar-refractivity contribution in [2.45, 2.75) is 17.8 Å². The van der Waals surface area contributed by atoms with Gasteiger partial charge in [-0.1, -0.05) is 53.7 Å². The van der Waals surface area contributed by atoms with Gasteiger partial charge in [0.2, 0.25) is 0 Å². The Morgan fingerprint density at radius 2 is 2.00 bits per heavy atom. The Hall–Kier alpha value is -1.10. The van der Waals surface area contributed by atoms with Crippen LogP contribution in [0.4, 0.5) is 0 Å². The summed E-state index contributed by atoms with van der Waals surface area (Å²) in [5, 5.41) is 2.24. The minimum atomic E-state index is 0.546. The van der Waals surface area contributed by atoms with Crippen LogP contribution in [-0.2, 0) is 5.75 Å². The van der Waals surface area contributed by atoms with Crippen LogP contribution in [-0.4, -0.2) is 9.97 Å². The molecule has 0 radical (unpaired) electrons. The lowest BCUT2D eigenvalue weighted by Crippen LogP contribution is -1.88. The third-order valence-electron chi connectivity index (χ3n) is 2.66. The number of aromatic nitrogens is 2. The highest BCUT2D eigenvalue weighted by atomic mass is 35.5. The van der Waals surface area contributed by atoms with Gasteiger partial charge in [-0.2, -0.15) is 0 Å². The van der Waals surface area contributed by atoms with Crippen molar-refractivity contribution in [2.24, 2.45) is 0 Å². The average Bonchev–Trinajstić information content (AvgIpc) is 2.79. The van der Waals surface area contributed by atoms with Crippen molar-refractivity contribution in [3.05, 3.63) is 52.0 Å². The zero-order valence-corrected chi connectivity index (χ0v) is 12.6. The van der Waals surface area contributed by atoms with E-state index in [0.29, 0.717) is 5.15 Å². The highest BCUT2D eigenvalue weighted by Crippen LogP contribution is 2.31. The van der Waals surface area contributed by atoms with E-state index in [4.69, 9.17) is 11.6 Å². The molecule has 0 aliphatic heterocycles. The number of thioether (sulfide) groups is 1. The molecule has 0 bridgehead atoms. The molecule has 0 aliphatic carbocycles. The second-order valence-electron chi connectivity index (χ2n) is 4.15. The predicted octanol–water partition coefficient (Wildman–Crippen LogP) is 4.95. The summed E-state index contributed by atoms with van der Waals surface area (Å²) in [6.45, 7) is 2.06. The topological polar surface area (TPSA) is 25.8 Å². The maximum atomic E-state index is 6.20. The molecule has 19 heavy (non-hydrogen) atoms. The first kappa shape index (κ1) is 12.9. The Labute approximate surface area is 124 Å². The first-order valence-corrected chi connectivity index (χ1v) is 8.01. The fraction of sp³-hybridized carbons (Fsp3) is 0.143. The molecule has 0 unspecified atom stereocenters. The molecular formula is C14H11ClN2S2. The lowest BCUT2D eigenvalue weighted by atomic mass is 10.2. The van der Waals surface area contributed by atoms with E-state index >= 15 is 0 Å². The van der Waals surface area contributed by atoms with Gasteiger partial charge < -0.3 is 0 Å². The highest BCUT2D eigenvalue weighted by Gasteiger charge is 2.09. The van der Waals surface area contributed by atoms with Gasteiger partial charge in [0.05, 0.1) is 0 Å². The molecule has 0 amide bonds. The molecule has 3 rings (SSSR count). The lowest BCUT2D eigenvalue weighted by molar-refractivity contribution is 1.01. The molecule has 0 atom stereocenters. The van der Waals surface area contributed by atoms with Gasteiger partial charge in [-0.15, -0.1) is 11.3 Å². The van der Waals surface area contributed by atoms with Gasteiger partial charge in [-0.3, -0.25) is 0 Å². The van der Waals surface area contributed by atoms with E-state index in [1.54, 1.807) is 23.1 Å². The average molecular weight is 307 g/mol. The number of benzene rings is 1. The van der Waals surface area contributed by atoms with Gasteiger partial charge in [0.1, 0.15) is 9.98 Å². The Balaban J connectivity index is 1.85. The molecule has 5 heteroatoms. The summed E-state index contributed by atoms with van der Waals surface area (Å²) in [6, 6.07) is 12.3. The number of hydrogen-bond acceptors (Lipinski definition) is 4. The third kappa shape index (κ3) is 2.91. The Morgan fingerprint density at radius 3 is 2.79 bits per heavy atom. The molecule has 2 heterocycles. The number of rotatable bonds is 3. The van der Waals surface area contributed by atoms with Crippen LogP contribution >= 0.6 is 34.7 Å². The molecule has 96 valence electrons. The maximum absolute atomic E-state index is 6.20. The Morgan fingerprint density at radius 1 is 1.21 bits per heavy atom. The zero-order chi connectivity index (χ0) is 13.2. The van der Waals surface area contributed by atoms with E-state index in [1.807, 2.05) is 24.3 Å². The van der Waals surface area contributed by atoms with Gasteiger partial charge in [0.25, 0.3) is 0 Å². The van der Waals surface area contributed by atoms with Crippen molar-refractivity contribution in [2.75, 3.05) is 0 Å². The number of halogens is 1. The molecule has 0 saturated heterocycles. The number of aryl methyl sites for hydroxylation is 1. The van der Waals surface area contributed by atoms with Crippen molar-refractivity contribution < 1.29 is 0 Å². The molecule has 1 aromatic carbocycles. The normalized spacial score (nSPS) is 11.1. The maximum Gasteiger partial charge on any atom is 0.190 e. The van der Waals surface area contributed by atoms with Gasteiger partial charge in [0.15, 0.2) is 5.16 Å². The smallest absolute Gasteiger partial charge is 0.190 e. The van der Waals surface area contributed by atoms with Crippen LogP contribution < -0.4 is 0 Å². The zero-order valence-electron chi connectivity index (χ0n) is 10.3. The molecule has 2 nitrogen and oxygen atoms in total. The van der Waals surface area contributed by atoms with Crippen LogP contribution in [0.5, 0.6) is 0 Å². The summed E-state index contributed by atoms with van der Waals surface area (Å²) in [7, 11) is 0. The first-order chi connectivity index (χ1) is 9.22. The molecule has 3 aromatic rings. The number of thiophene rings is 1. The van der Waals surface area contributed by atoms with Gasteiger partial charge in [-0.05, 0) is 18.6 Å². The minimum Gasteiger partial charge on any atom is -0.211 e. The predicted molar refractivity (Wildman–Crippen MR) is 83.2 cm³/mol. The minimum absolute atomic E-state index is 0.546. The summed E-state index contributed by atoms with van der Waals surface area (Å²) in [5.74, 6) is 0.854. The van der Waals surface area contributed by atoms with Gasteiger partial charge in [0, 0.05) is 16.0 Å². The van der Waals surface area contributed by atoms with Crippen molar-refractivity contribution in [1.82, 2.24) is 9.97 Å². The highest BCUT2D eigenvalue weighted by molar-refractivity contribution is 7.98. The van der Waals surface area contributed by atoms with Crippen LogP contribution in [0.15, 0.2) is 41.6 Å². The number of nitrogens with zero attached hydrogens (tertiary/aromatic N) is 2. The van der Waals surface area contributed by atoms with Crippen LogP contribution in [0, 0.1) is 6.92 Å². The Kier molecular flexibility index (Phi) is 3.73. The first-order valence-electron chi connectivity index (χ1n) is 5.83. The molecule has 0 N–H and O–H groups in total. The summed E-state index contributed by atoms with van der Waals surface area (Å²) in [6.07, 6.45) is 0. The molecule has 0 spiro atoms. The third-order valence-corrected chi connectivity index (χ3v) is 4.81. The number of hydrogen-bond donors (Lipinski definition) is 0. The largest absolute Gasteiger partial charge is 0.211 e. The van der Waals surface area contributed by atoms with E-state index in [-0.39, 0.29) is 0 Å². The van der Waals surface area contributed by atoms with E-state index < -0.39 is 0 Å². The summed E-state index contributed by atoms with van der Waals surface area (Å²) < 4.78 is 0. The van der Waals surface area contributed by atoms with Crippen molar-refractivity contribution in [1.29, 1.82) is 0 Å². The van der Waals surface area contributed by atoms with Crippen molar-refractivity contribution in [3.63, 3.8) is 0 Å². The van der Waals surface area contributed by atoms with E-state index in [2.05, 4.69) is 29.0 Å². The summed E-state index contributed by atoms with van der Waals surface area (Å²) in [5.41, 5.74) is 1.26. The van der Waals surface area contributed by atoms with Crippen LogP contribution in [0.2, 0.25) is 5.15 Å². The van der Waals surface area contributed by atoms with Crippen LogP contribution in [0.1, 0.15) is 10.4 Å². The molecule has 2 aromatic heterocycles. The summed E-state index contributed by atoms with van der Waals surface area (Å²) >= 11 is 9.46. The van der Waals surface area contributed by atoms with E-state index in [0.717, 1.165) is 21.1 Å². The van der Waals surface area contributed by atoms with Gasteiger partial charge >= 0.3 is 0 Å². The molecule has 0 aliphatic rings.